The molecule has 142 valence electrons. The predicted octanol–water partition coefficient (Wildman–Crippen LogP) is 4.79. The van der Waals surface area contributed by atoms with Crippen LogP contribution in [0.5, 0.6) is 0 Å². The molecule has 0 aliphatic carbocycles. The highest BCUT2D eigenvalue weighted by molar-refractivity contribution is 7.15. The molecule has 4 aromatic rings. The summed E-state index contributed by atoms with van der Waals surface area (Å²) in [6, 6.07) is 16.7. The second-order valence-corrected chi connectivity index (χ2v) is 7.83. The van der Waals surface area contributed by atoms with Crippen molar-refractivity contribution in [1.82, 2.24) is 14.7 Å². The van der Waals surface area contributed by atoms with E-state index in [1.54, 1.807) is 11.3 Å². The Morgan fingerprint density at radius 1 is 1.07 bits per heavy atom. The van der Waals surface area contributed by atoms with E-state index < -0.39 is 0 Å². The summed E-state index contributed by atoms with van der Waals surface area (Å²) < 4.78 is 2.03. The van der Waals surface area contributed by atoms with Crippen LogP contribution >= 0.6 is 11.3 Å². The molecule has 0 atom stereocenters. The number of rotatable bonds is 6. The van der Waals surface area contributed by atoms with Crippen LogP contribution in [0.25, 0.3) is 16.2 Å². The minimum Gasteiger partial charge on any atom is -0.352 e. The molecule has 0 spiro atoms. The minimum absolute atomic E-state index is 0.0165. The molecule has 4 nitrogen and oxygen atoms in total. The molecule has 2 aromatic carbocycles. The van der Waals surface area contributed by atoms with Crippen LogP contribution in [0.2, 0.25) is 0 Å². The molecule has 2 aromatic heterocycles. The summed E-state index contributed by atoms with van der Waals surface area (Å²) in [6.45, 7) is 4.75. The number of hydrogen-bond donors (Lipinski definition) is 1. The molecular formula is C23H23N3OS. The summed E-state index contributed by atoms with van der Waals surface area (Å²) in [5.74, 6) is 0.0165. The maximum atomic E-state index is 12.4. The van der Waals surface area contributed by atoms with Crippen LogP contribution in [0.4, 0.5) is 0 Å². The van der Waals surface area contributed by atoms with Crippen molar-refractivity contribution in [3.63, 3.8) is 0 Å². The fraction of sp³-hybridized carbons (Fsp3) is 0.217. The van der Waals surface area contributed by atoms with E-state index in [0.717, 1.165) is 33.9 Å². The van der Waals surface area contributed by atoms with E-state index >= 15 is 0 Å². The number of amides is 1. The van der Waals surface area contributed by atoms with Crippen molar-refractivity contribution in [2.75, 3.05) is 0 Å². The highest BCUT2D eigenvalue weighted by Crippen LogP contribution is 2.24. The number of thiazole rings is 1. The number of hydrogen-bond acceptors (Lipinski definition) is 3. The van der Waals surface area contributed by atoms with E-state index in [4.69, 9.17) is 4.98 Å². The van der Waals surface area contributed by atoms with Gasteiger partial charge >= 0.3 is 0 Å². The quantitative estimate of drug-likeness (QED) is 0.515. The van der Waals surface area contributed by atoms with Crippen molar-refractivity contribution in [3.8, 4) is 11.3 Å². The van der Waals surface area contributed by atoms with Crippen molar-refractivity contribution in [2.24, 2.45) is 0 Å². The number of carbonyl (C=O) groups is 1. The Morgan fingerprint density at radius 2 is 1.79 bits per heavy atom. The topological polar surface area (TPSA) is 46.4 Å². The number of nitrogens with zero attached hydrogens (tertiary/aromatic N) is 2. The molecule has 28 heavy (non-hydrogen) atoms. The SMILES string of the molecule is CCc1ccc(-c2cn3c(CC(=O)NCc4ccc(C)cc4)csc3n2)cc1. The summed E-state index contributed by atoms with van der Waals surface area (Å²) in [5.41, 5.74) is 6.64. The van der Waals surface area contributed by atoms with E-state index in [0.29, 0.717) is 13.0 Å². The normalized spacial score (nSPS) is 11.1. The zero-order valence-corrected chi connectivity index (χ0v) is 16.9. The number of benzene rings is 2. The fourth-order valence-electron chi connectivity index (χ4n) is 3.14. The van der Waals surface area contributed by atoms with E-state index in [1.165, 1.54) is 11.1 Å². The van der Waals surface area contributed by atoms with Gasteiger partial charge in [0.15, 0.2) is 4.96 Å². The molecule has 0 aliphatic rings. The molecule has 0 unspecified atom stereocenters. The van der Waals surface area contributed by atoms with Crippen LogP contribution < -0.4 is 5.32 Å². The van der Waals surface area contributed by atoms with Gasteiger partial charge in [0.1, 0.15) is 0 Å². The second kappa shape index (κ2) is 7.98. The van der Waals surface area contributed by atoms with E-state index in [9.17, 15) is 4.79 Å². The van der Waals surface area contributed by atoms with Gasteiger partial charge in [0.2, 0.25) is 5.91 Å². The van der Waals surface area contributed by atoms with Crippen LogP contribution in [-0.2, 0) is 24.2 Å². The highest BCUT2D eigenvalue weighted by atomic mass is 32.1. The number of carbonyl (C=O) groups excluding carboxylic acids is 1. The Morgan fingerprint density at radius 3 is 2.50 bits per heavy atom. The molecule has 0 saturated heterocycles. The van der Waals surface area contributed by atoms with Gasteiger partial charge in [0.05, 0.1) is 12.1 Å². The molecule has 2 heterocycles. The molecule has 1 amide bonds. The first kappa shape index (κ1) is 18.4. The van der Waals surface area contributed by atoms with Crippen LogP contribution in [0.3, 0.4) is 0 Å². The maximum Gasteiger partial charge on any atom is 0.226 e. The van der Waals surface area contributed by atoms with Gasteiger partial charge in [-0.15, -0.1) is 11.3 Å². The van der Waals surface area contributed by atoms with Crippen LogP contribution in [0.1, 0.15) is 29.3 Å². The number of aryl methyl sites for hydroxylation is 2. The second-order valence-electron chi connectivity index (χ2n) is 7.00. The lowest BCUT2D eigenvalue weighted by Gasteiger charge is -2.05. The Kier molecular flexibility index (Phi) is 5.26. The smallest absolute Gasteiger partial charge is 0.226 e. The highest BCUT2D eigenvalue weighted by Gasteiger charge is 2.12. The van der Waals surface area contributed by atoms with Crippen LogP contribution in [0.15, 0.2) is 60.1 Å². The zero-order valence-electron chi connectivity index (χ0n) is 16.1. The van der Waals surface area contributed by atoms with Gasteiger partial charge < -0.3 is 5.32 Å². The maximum absolute atomic E-state index is 12.4. The molecule has 5 heteroatoms. The molecule has 0 fully saturated rings. The minimum atomic E-state index is 0.0165. The third-order valence-electron chi connectivity index (χ3n) is 4.89. The number of fused-ring (bicyclic) bond motifs is 1. The molecule has 0 aliphatic heterocycles. The van der Waals surface area contributed by atoms with Gasteiger partial charge in [-0.3, -0.25) is 9.20 Å². The first-order valence-corrected chi connectivity index (χ1v) is 10.4. The summed E-state index contributed by atoms with van der Waals surface area (Å²) in [6.07, 6.45) is 3.40. The summed E-state index contributed by atoms with van der Waals surface area (Å²) >= 11 is 1.57. The average molecular weight is 390 g/mol. The number of aromatic nitrogens is 2. The molecule has 4 rings (SSSR count). The van der Waals surface area contributed by atoms with Crippen molar-refractivity contribution in [2.45, 2.75) is 33.2 Å². The van der Waals surface area contributed by atoms with E-state index in [2.05, 4.69) is 55.6 Å². The zero-order chi connectivity index (χ0) is 19.5. The third kappa shape index (κ3) is 3.99. The molecular weight excluding hydrogens is 366 g/mol. The van der Waals surface area contributed by atoms with Crippen molar-refractivity contribution >= 4 is 22.2 Å². The van der Waals surface area contributed by atoms with E-state index in [-0.39, 0.29) is 5.91 Å². The van der Waals surface area contributed by atoms with Crippen molar-refractivity contribution < 1.29 is 4.79 Å². The van der Waals surface area contributed by atoms with Gasteiger partial charge in [-0.25, -0.2) is 4.98 Å². The standard InChI is InChI=1S/C23H23N3OS/c1-3-17-8-10-19(11-9-17)21-14-26-20(15-28-23(26)25-21)12-22(27)24-13-18-6-4-16(2)5-7-18/h4-11,14-15H,3,12-13H2,1-2H3,(H,24,27). The summed E-state index contributed by atoms with van der Waals surface area (Å²) in [7, 11) is 0. The number of nitrogens with one attached hydrogen (secondary N) is 1. The number of imidazole rings is 1. The monoisotopic (exact) mass is 389 g/mol. The van der Waals surface area contributed by atoms with Gasteiger partial charge in [-0.2, -0.15) is 0 Å². The Labute approximate surface area is 168 Å². The fourth-order valence-corrected chi connectivity index (χ4v) is 4.01. The van der Waals surface area contributed by atoms with E-state index in [1.807, 2.05) is 28.1 Å². The lowest BCUT2D eigenvalue weighted by molar-refractivity contribution is -0.120. The first-order chi connectivity index (χ1) is 13.6. The molecule has 0 bridgehead atoms. The average Bonchev–Trinajstić information content (AvgIpc) is 3.30. The van der Waals surface area contributed by atoms with Gasteiger partial charge in [-0.1, -0.05) is 61.0 Å². The van der Waals surface area contributed by atoms with Crippen molar-refractivity contribution in [1.29, 1.82) is 0 Å². The van der Waals surface area contributed by atoms with Crippen molar-refractivity contribution in [3.05, 3.63) is 82.5 Å². The molecule has 1 N–H and O–H groups in total. The largest absolute Gasteiger partial charge is 0.352 e. The third-order valence-corrected chi connectivity index (χ3v) is 5.78. The predicted molar refractivity (Wildman–Crippen MR) is 115 cm³/mol. The van der Waals surface area contributed by atoms with Crippen LogP contribution in [0, 0.1) is 6.92 Å². The molecule has 0 radical (unpaired) electrons. The molecule has 0 saturated carbocycles. The first-order valence-electron chi connectivity index (χ1n) is 9.49. The van der Waals surface area contributed by atoms with Crippen LogP contribution in [-0.4, -0.2) is 15.3 Å². The Hall–Kier alpha value is -2.92. The van der Waals surface area contributed by atoms with Gasteiger partial charge in [-0.05, 0) is 24.5 Å². The Balaban J connectivity index is 1.45. The summed E-state index contributed by atoms with van der Waals surface area (Å²) in [4.78, 5) is 18.0. The Bertz CT molecular complexity index is 1090. The lowest BCUT2D eigenvalue weighted by atomic mass is 10.1. The van der Waals surface area contributed by atoms with Gasteiger partial charge in [0.25, 0.3) is 0 Å². The summed E-state index contributed by atoms with van der Waals surface area (Å²) in [5, 5.41) is 5.02. The van der Waals surface area contributed by atoms with Gasteiger partial charge in [0, 0.05) is 29.4 Å². The lowest BCUT2D eigenvalue weighted by Crippen LogP contribution is -2.24.